The van der Waals surface area contributed by atoms with Gasteiger partial charge in [0.2, 0.25) is 0 Å². The molecule has 0 amide bonds. The van der Waals surface area contributed by atoms with Gasteiger partial charge in [-0.3, -0.25) is 4.98 Å². The molecule has 5 rings (SSSR count). The Bertz CT molecular complexity index is 784. The molecular weight excluding hydrogens is 302 g/mol. The van der Waals surface area contributed by atoms with E-state index >= 15 is 0 Å². The highest BCUT2D eigenvalue weighted by Gasteiger charge is 2.53. The summed E-state index contributed by atoms with van der Waals surface area (Å²) < 4.78 is 0. The molecule has 25 heavy (non-hydrogen) atoms. The van der Waals surface area contributed by atoms with Gasteiger partial charge in [-0.2, -0.15) is 0 Å². The predicted octanol–water partition coefficient (Wildman–Crippen LogP) is 6.35. The van der Waals surface area contributed by atoms with Crippen LogP contribution in [0.5, 0.6) is 0 Å². The molecule has 1 aromatic heterocycles. The van der Waals surface area contributed by atoms with Gasteiger partial charge in [0.05, 0.1) is 0 Å². The fourth-order valence-corrected chi connectivity index (χ4v) is 6.64. The summed E-state index contributed by atoms with van der Waals surface area (Å²) in [4.78, 5) is 4.37. The molecule has 0 spiro atoms. The average molecular weight is 332 g/mol. The van der Waals surface area contributed by atoms with Gasteiger partial charge in [-0.25, -0.2) is 0 Å². The fraction of sp³-hybridized carbons (Fsp3) is 0.542. The van der Waals surface area contributed by atoms with Crippen LogP contribution in [0.2, 0.25) is 0 Å². The SMILES string of the molecule is C[C@]12CC[C@H]3[C@@H](CC=C4CCCC[C@@]43C)C1=CC=C2c1cccnc1. The molecule has 4 aliphatic rings. The number of fused-ring (bicyclic) bond motifs is 5. The van der Waals surface area contributed by atoms with Crippen molar-refractivity contribution in [1.29, 1.82) is 0 Å². The van der Waals surface area contributed by atoms with E-state index in [1.165, 1.54) is 56.1 Å². The monoisotopic (exact) mass is 331 g/mol. The molecule has 0 aromatic carbocycles. The van der Waals surface area contributed by atoms with Crippen LogP contribution < -0.4 is 0 Å². The summed E-state index contributed by atoms with van der Waals surface area (Å²) in [7, 11) is 0. The fourth-order valence-electron chi connectivity index (χ4n) is 6.64. The van der Waals surface area contributed by atoms with Gasteiger partial charge < -0.3 is 0 Å². The van der Waals surface area contributed by atoms with Crippen molar-refractivity contribution in [1.82, 2.24) is 4.98 Å². The molecule has 0 radical (unpaired) electrons. The van der Waals surface area contributed by atoms with Crippen LogP contribution >= 0.6 is 0 Å². The first-order valence-electron chi connectivity index (χ1n) is 10.2. The van der Waals surface area contributed by atoms with E-state index in [4.69, 9.17) is 0 Å². The smallest absolute Gasteiger partial charge is 0.0343 e. The molecule has 0 saturated heterocycles. The van der Waals surface area contributed by atoms with E-state index in [1.807, 2.05) is 12.4 Å². The number of pyridine rings is 1. The highest BCUT2D eigenvalue weighted by Crippen LogP contribution is 2.64. The van der Waals surface area contributed by atoms with Crippen LogP contribution in [0.15, 0.2) is 53.9 Å². The maximum atomic E-state index is 4.37. The number of rotatable bonds is 1. The zero-order valence-corrected chi connectivity index (χ0v) is 15.6. The number of hydrogen-bond donors (Lipinski definition) is 0. The van der Waals surface area contributed by atoms with Gasteiger partial charge in [0.25, 0.3) is 0 Å². The van der Waals surface area contributed by atoms with Crippen LogP contribution in [0.4, 0.5) is 0 Å². The van der Waals surface area contributed by atoms with E-state index in [1.54, 1.807) is 11.1 Å². The van der Waals surface area contributed by atoms with Crippen molar-refractivity contribution < 1.29 is 0 Å². The molecule has 1 heterocycles. The van der Waals surface area contributed by atoms with Crippen molar-refractivity contribution in [3.8, 4) is 0 Å². The Morgan fingerprint density at radius 3 is 2.88 bits per heavy atom. The molecule has 2 saturated carbocycles. The van der Waals surface area contributed by atoms with E-state index in [2.05, 4.69) is 49.2 Å². The van der Waals surface area contributed by atoms with Crippen LogP contribution in [-0.4, -0.2) is 4.98 Å². The van der Waals surface area contributed by atoms with Crippen LogP contribution in [0.25, 0.3) is 5.57 Å². The van der Waals surface area contributed by atoms with Crippen molar-refractivity contribution in [3.63, 3.8) is 0 Å². The molecule has 0 bridgehead atoms. The summed E-state index contributed by atoms with van der Waals surface area (Å²) in [5.74, 6) is 1.60. The van der Waals surface area contributed by atoms with Gasteiger partial charge in [0.1, 0.15) is 0 Å². The molecule has 0 aliphatic heterocycles. The van der Waals surface area contributed by atoms with Gasteiger partial charge in [-0.1, -0.05) is 55.7 Å². The number of hydrogen-bond acceptors (Lipinski definition) is 1. The first-order valence-corrected chi connectivity index (χ1v) is 10.2. The molecule has 0 N–H and O–H groups in total. The highest BCUT2D eigenvalue weighted by molar-refractivity contribution is 5.78. The lowest BCUT2D eigenvalue weighted by atomic mass is 9.49. The van der Waals surface area contributed by atoms with Gasteiger partial charge in [0, 0.05) is 17.8 Å². The minimum Gasteiger partial charge on any atom is -0.264 e. The molecule has 1 heteroatoms. The predicted molar refractivity (Wildman–Crippen MR) is 104 cm³/mol. The zero-order valence-electron chi connectivity index (χ0n) is 15.6. The summed E-state index contributed by atoms with van der Waals surface area (Å²) in [6.45, 7) is 5.08. The molecule has 1 nitrogen and oxygen atoms in total. The van der Waals surface area contributed by atoms with E-state index < -0.39 is 0 Å². The highest BCUT2D eigenvalue weighted by atomic mass is 14.6. The average Bonchev–Trinajstić information content (AvgIpc) is 2.99. The normalized spacial score (nSPS) is 39.5. The first-order chi connectivity index (χ1) is 12.1. The molecule has 1 aromatic rings. The molecule has 4 aliphatic carbocycles. The first kappa shape index (κ1) is 15.6. The Balaban J connectivity index is 1.51. The second-order valence-electron chi connectivity index (χ2n) is 9.12. The zero-order chi connectivity index (χ0) is 17.1. The van der Waals surface area contributed by atoms with Crippen LogP contribution in [-0.2, 0) is 0 Å². The molecule has 0 unspecified atom stereocenters. The Labute approximate surface area is 151 Å². The summed E-state index contributed by atoms with van der Waals surface area (Å²) in [6, 6.07) is 4.30. The van der Waals surface area contributed by atoms with Crippen molar-refractivity contribution >= 4 is 5.57 Å². The quantitative estimate of drug-likeness (QED) is 0.546. The molecular formula is C24H29N. The number of nitrogens with zero attached hydrogens (tertiary/aromatic N) is 1. The third-order valence-corrected chi connectivity index (χ3v) is 8.04. The second kappa shape index (κ2) is 5.43. The van der Waals surface area contributed by atoms with E-state index in [0.717, 1.165) is 11.8 Å². The number of allylic oxidation sites excluding steroid dienone is 6. The summed E-state index contributed by atoms with van der Waals surface area (Å²) in [5.41, 5.74) is 7.01. The van der Waals surface area contributed by atoms with Gasteiger partial charge >= 0.3 is 0 Å². The third kappa shape index (κ3) is 2.11. The lowest BCUT2D eigenvalue weighted by molar-refractivity contribution is 0.0775. The lowest BCUT2D eigenvalue weighted by Crippen LogP contribution is -2.45. The van der Waals surface area contributed by atoms with Crippen LogP contribution in [0.1, 0.15) is 64.4 Å². The molecule has 130 valence electrons. The summed E-state index contributed by atoms with van der Waals surface area (Å²) >= 11 is 0. The standard InChI is InChI=1S/C24H29N/c1-23-13-4-3-7-18(23)8-9-19-21-11-10-20(17-6-5-15-25-16-17)24(21,2)14-12-22(19)23/h5-6,8,10-11,15-16,19,22H,3-4,7,9,12-14H2,1-2H3/t19-,22-,23-,24+/m0/s1. The van der Waals surface area contributed by atoms with E-state index in [0.29, 0.717) is 5.41 Å². The van der Waals surface area contributed by atoms with Gasteiger partial charge in [-0.15, -0.1) is 0 Å². The Hall–Kier alpha value is -1.63. The summed E-state index contributed by atoms with van der Waals surface area (Å²) in [5, 5.41) is 0. The van der Waals surface area contributed by atoms with Gasteiger partial charge in [-0.05, 0) is 73.0 Å². The molecule has 2 fully saturated rings. The summed E-state index contributed by atoms with van der Waals surface area (Å²) in [6.07, 6.45) is 21.0. The second-order valence-corrected chi connectivity index (χ2v) is 9.12. The maximum Gasteiger partial charge on any atom is 0.0343 e. The van der Waals surface area contributed by atoms with Crippen LogP contribution in [0, 0.1) is 22.7 Å². The minimum absolute atomic E-state index is 0.223. The maximum absolute atomic E-state index is 4.37. The van der Waals surface area contributed by atoms with Crippen molar-refractivity contribution in [2.24, 2.45) is 22.7 Å². The number of aromatic nitrogens is 1. The Morgan fingerprint density at radius 1 is 1.12 bits per heavy atom. The third-order valence-electron chi connectivity index (χ3n) is 8.04. The molecule has 4 atom stereocenters. The van der Waals surface area contributed by atoms with Crippen molar-refractivity contribution in [2.75, 3.05) is 0 Å². The lowest BCUT2D eigenvalue weighted by Gasteiger charge is -2.55. The van der Waals surface area contributed by atoms with E-state index in [9.17, 15) is 0 Å². The van der Waals surface area contributed by atoms with Crippen molar-refractivity contribution in [3.05, 3.63) is 59.5 Å². The largest absolute Gasteiger partial charge is 0.264 e. The van der Waals surface area contributed by atoms with Crippen LogP contribution in [0.3, 0.4) is 0 Å². The Morgan fingerprint density at radius 2 is 2.04 bits per heavy atom. The van der Waals surface area contributed by atoms with Gasteiger partial charge in [0.15, 0.2) is 0 Å². The van der Waals surface area contributed by atoms with E-state index in [-0.39, 0.29) is 5.41 Å². The minimum atomic E-state index is 0.223. The van der Waals surface area contributed by atoms with Crippen molar-refractivity contribution in [2.45, 2.75) is 58.8 Å². The Kier molecular flexibility index (Phi) is 3.39. The topological polar surface area (TPSA) is 12.9 Å².